The fourth-order valence-electron chi connectivity index (χ4n) is 3.10. The Bertz CT molecular complexity index is 346. The first-order chi connectivity index (χ1) is 8.66. The lowest BCUT2D eigenvalue weighted by molar-refractivity contribution is 0.443. The van der Waals surface area contributed by atoms with Crippen LogP contribution in [-0.2, 0) is 0 Å². The maximum absolute atomic E-state index is 6.22. The lowest BCUT2D eigenvalue weighted by Crippen LogP contribution is -2.13. The molecule has 1 atom stereocenters. The Hall–Kier alpha value is -0.820. The summed E-state index contributed by atoms with van der Waals surface area (Å²) in [5, 5.41) is 0. The van der Waals surface area contributed by atoms with E-state index in [1.807, 2.05) is 0 Å². The zero-order chi connectivity index (χ0) is 13.0. The van der Waals surface area contributed by atoms with E-state index in [0.29, 0.717) is 5.92 Å². The molecule has 1 fully saturated rings. The second-order valence-electron chi connectivity index (χ2n) is 6.24. The summed E-state index contributed by atoms with van der Waals surface area (Å²) in [7, 11) is 0. The minimum Gasteiger partial charge on any atom is -0.324 e. The summed E-state index contributed by atoms with van der Waals surface area (Å²) in [6.07, 6.45) is 8.05. The average Bonchev–Trinajstić information content (AvgIpc) is 2.39. The van der Waals surface area contributed by atoms with E-state index in [4.69, 9.17) is 5.73 Å². The molecule has 1 aromatic rings. The van der Waals surface area contributed by atoms with Crippen molar-refractivity contribution in [3.8, 4) is 0 Å². The summed E-state index contributed by atoms with van der Waals surface area (Å²) in [4.78, 5) is 0. The second kappa shape index (κ2) is 6.38. The second-order valence-corrected chi connectivity index (χ2v) is 6.24. The number of nitrogens with two attached hydrogens (primary N) is 1. The van der Waals surface area contributed by atoms with E-state index in [9.17, 15) is 0 Å². The highest BCUT2D eigenvalue weighted by Crippen LogP contribution is 2.33. The lowest BCUT2D eigenvalue weighted by Gasteiger charge is -2.22. The van der Waals surface area contributed by atoms with E-state index < -0.39 is 0 Å². The highest BCUT2D eigenvalue weighted by atomic mass is 14.6. The van der Waals surface area contributed by atoms with Gasteiger partial charge in [0.1, 0.15) is 0 Å². The molecule has 0 aromatic heterocycles. The van der Waals surface area contributed by atoms with E-state index in [0.717, 1.165) is 12.3 Å². The molecule has 1 saturated carbocycles. The van der Waals surface area contributed by atoms with E-state index in [1.165, 1.54) is 43.2 Å². The molecular weight excluding hydrogens is 218 g/mol. The van der Waals surface area contributed by atoms with Crippen molar-refractivity contribution in [3.05, 3.63) is 35.4 Å². The third-order valence-corrected chi connectivity index (χ3v) is 4.17. The van der Waals surface area contributed by atoms with Crippen LogP contribution in [-0.4, -0.2) is 0 Å². The predicted molar refractivity (Wildman–Crippen MR) is 78.7 cm³/mol. The number of hydrogen-bond donors (Lipinski definition) is 1. The summed E-state index contributed by atoms with van der Waals surface area (Å²) in [5.41, 5.74) is 9.04. The Morgan fingerprint density at radius 3 is 2.22 bits per heavy atom. The molecule has 1 nitrogen and oxygen atoms in total. The number of rotatable bonds is 4. The molecule has 2 N–H and O–H groups in total. The van der Waals surface area contributed by atoms with Gasteiger partial charge in [0.2, 0.25) is 0 Å². The largest absolute Gasteiger partial charge is 0.324 e. The molecule has 1 aliphatic rings. The average molecular weight is 245 g/mol. The smallest absolute Gasteiger partial charge is 0.0297 e. The van der Waals surface area contributed by atoms with Crippen LogP contribution in [0, 0.1) is 5.92 Å². The van der Waals surface area contributed by atoms with Gasteiger partial charge in [0.15, 0.2) is 0 Å². The van der Waals surface area contributed by atoms with Gasteiger partial charge >= 0.3 is 0 Å². The first kappa shape index (κ1) is 13.6. The summed E-state index contributed by atoms with van der Waals surface area (Å²) in [6, 6.07) is 9.32. The quantitative estimate of drug-likeness (QED) is 0.811. The molecule has 0 saturated heterocycles. The van der Waals surface area contributed by atoms with Gasteiger partial charge in [0, 0.05) is 6.04 Å². The monoisotopic (exact) mass is 245 g/mol. The normalized spacial score (nSPS) is 19.1. The predicted octanol–water partition coefficient (Wildman–Crippen LogP) is 4.78. The van der Waals surface area contributed by atoms with Gasteiger partial charge in [-0.15, -0.1) is 0 Å². The first-order valence-electron chi connectivity index (χ1n) is 7.52. The molecule has 0 spiro atoms. The Morgan fingerprint density at radius 2 is 1.67 bits per heavy atom. The maximum atomic E-state index is 6.22. The molecule has 18 heavy (non-hydrogen) atoms. The molecule has 100 valence electrons. The standard InChI is InChI=1S/C17H27N/c1-13(2)12-17(18)16-10-8-15(9-11-16)14-6-4-3-5-7-14/h8-11,13-14,17H,3-7,12,18H2,1-2H3. The first-order valence-corrected chi connectivity index (χ1v) is 7.52. The topological polar surface area (TPSA) is 26.0 Å². The number of benzene rings is 1. The van der Waals surface area contributed by atoms with Crippen molar-refractivity contribution in [2.24, 2.45) is 11.7 Å². The zero-order valence-electron chi connectivity index (χ0n) is 11.9. The third kappa shape index (κ3) is 3.58. The van der Waals surface area contributed by atoms with Crippen molar-refractivity contribution in [1.29, 1.82) is 0 Å². The summed E-state index contributed by atoms with van der Waals surface area (Å²) in [5.74, 6) is 1.46. The van der Waals surface area contributed by atoms with Crippen LogP contribution in [0.2, 0.25) is 0 Å². The maximum Gasteiger partial charge on any atom is 0.0297 e. The SMILES string of the molecule is CC(C)CC(N)c1ccc(C2CCCCC2)cc1. The van der Waals surface area contributed by atoms with Gasteiger partial charge in [0.25, 0.3) is 0 Å². The van der Waals surface area contributed by atoms with Crippen molar-refractivity contribution in [3.63, 3.8) is 0 Å². The lowest BCUT2D eigenvalue weighted by atomic mass is 9.83. The van der Waals surface area contributed by atoms with Gasteiger partial charge in [0.05, 0.1) is 0 Å². The molecule has 0 amide bonds. The molecule has 1 heteroatoms. The van der Waals surface area contributed by atoms with Gasteiger partial charge in [-0.2, -0.15) is 0 Å². The van der Waals surface area contributed by atoms with Crippen LogP contribution >= 0.6 is 0 Å². The highest BCUT2D eigenvalue weighted by Gasteiger charge is 2.16. The van der Waals surface area contributed by atoms with Crippen molar-refractivity contribution in [2.45, 2.75) is 64.3 Å². The van der Waals surface area contributed by atoms with Crippen molar-refractivity contribution < 1.29 is 0 Å². The summed E-state index contributed by atoms with van der Waals surface area (Å²) >= 11 is 0. The van der Waals surface area contributed by atoms with Crippen LogP contribution in [0.5, 0.6) is 0 Å². The third-order valence-electron chi connectivity index (χ3n) is 4.17. The Balaban J connectivity index is 2.00. The van der Waals surface area contributed by atoms with E-state index in [1.54, 1.807) is 0 Å². The molecule has 0 aliphatic heterocycles. The fraction of sp³-hybridized carbons (Fsp3) is 0.647. The van der Waals surface area contributed by atoms with Crippen LogP contribution in [0.4, 0.5) is 0 Å². The van der Waals surface area contributed by atoms with Crippen LogP contribution < -0.4 is 5.73 Å². The zero-order valence-corrected chi connectivity index (χ0v) is 11.9. The Morgan fingerprint density at radius 1 is 1.06 bits per heavy atom. The van der Waals surface area contributed by atoms with Gasteiger partial charge in [-0.25, -0.2) is 0 Å². The Kier molecular flexibility index (Phi) is 4.82. The minimum absolute atomic E-state index is 0.199. The van der Waals surface area contributed by atoms with E-state index in [-0.39, 0.29) is 6.04 Å². The van der Waals surface area contributed by atoms with Crippen LogP contribution in [0.15, 0.2) is 24.3 Å². The number of hydrogen-bond acceptors (Lipinski definition) is 1. The molecule has 0 radical (unpaired) electrons. The van der Waals surface area contributed by atoms with Gasteiger partial charge in [-0.05, 0) is 42.2 Å². The van der Waals surface area contributed by atoms with Gasteiger partial charge < -0.3 is 5.73 Å². The Labute approximate surface area is 112 Å². The molecular formula is C17H27N. The highest BCUT2D eigenvalue weighted by molar-refractivity contribution is 5.27. The van der Waals surface area contributed by atoms with Gasteiger partial charge in [-0.1, -0.05) is 57.4 Å². The van der Waals surface area contributed by atoms with Crippen molar-refractivity contribution >= 4 is 0 Å². The van der Waals surface area contributed by atoms with Crippen molar-refractivity contribution in [1.82, 2.24) is 0 Å². The van der Waals surface area contributed by atoms with Crippen LogP contribution in [0.3, 0.4) is 0 Å². The molecule has 1 unspecified atom stereocenters. The summed E-state index contributed by atoms with van der Waals surface area (Å²) < 4.78 is 0. The van der Waals surface area contributed by atoms with E-state index >= 15 is 0 Å². The molecule has 0 bridgehead atoms. The fourth-order valence-corrected chi connectivity index (χ4v) is 3.10. The summed E-state index contributed by atoms with van der Waals surface area (Å²) in [6.45, 7) is 4.46. The minimum atomic E-state index is 0.199. The van der Waals surface area contributed by atoms with E-state index in [2.05, 4.69) is 38.1 Å². The molecule has 2 rings (SSSR count). The molecule has 1 aliphatic carbocycles. The van der Waals surface area contributed by atoms with Crippen LogP contribution in [0.1, 0.15) is 75.5 Å². The van der Waals surface area contributed by atoms with Crippen molar-refractivity contribution in [2.75, 3.05) is 0 Å². The van der Waals surface area contributed by atoms with Gasteiger partial charge in [-0.3, -0.25) is 0 Å². The molecule has 0 heterocycles. The van der Waals surface area contributed by atoms with Crippen LogP contribution in [0.25, 0.3) is 0 Å². The molecule has 1 aromatic carbocycles.